The highest BCUT2D eigenvalue weighted by Gasteiger charge is 2.22. The molecule has 0 radical (unpaired) electrons. The molecule has 2 aromatic rings. The number of hydrogen-bond acceptors (Lipinski definition) is 3. The number of fused-ring (bicyclic) bond motifs is 1. The predicted molar refractivity (Wildman–Crippen MR) is 81.3 cm³/mol. The zero-order valence-electron chi connectivity index (χ0n) is 11.4. The lowest BCUT2D eigenvalue weighted by molar-refractivity contribution is -0.115. The fourth-order valence-electron chi connectivity index (χ4n) is 2.46. The molecule has 4 heteroatoms. The summed E-state index contributed by atoms with van der Waals surface area (Å²) in [6.07, 6.45) is 0. The van der Waals surface area contributed by atoms with E-state index in [4.69, 9.17) is 0 Å². The molecule has 1 aliphatic rings. The molecule has 2 N–H and O–H groups in total. The van der Waals surface area contributed by atoms with Gasteiger partial charge >= 0.3 is 0 Å². The van der Waals surface area contributed by atoms with Crippen molar-refractivity contribution in [3.8, 4) is 0 Å². The Labute approximate surface area is 118 Å². The number of benzene rings is 2. The van der Waals surface area contributed by atoms with Crippen molar-refractivity contribution in [2.24, 2.45) is 0 Å². The van der Waals surface area contributed by atoms with Crippen LogP contribution in [0.15, 0.2) is 48.5 Å². The lowest BCUT2D eigenvalue weighted by Crippen LogP contribution is -2.34. The second-order valence-electron chi connectivity index (χ2n) is 4.85. The van der Waals surface area contributed by atoms with Gasteiger partial charge in [0.05, 0.1) is 11.4 Å². The zero-order valence-corrected chi connectivity index (χ0v) is 11.4. The first kappa shape index (κ1) is 12.7. The smallest absolute Gasteiger partial charge is 0.244 e. The van der Waals surface area contributed by atoms with Crippen molar-refractivity contribution in [3.63, 3.8) is 0 Å². The van der Waals surface area contributed by atoms with Crippen molar-refractivity contribution in [3.05, 3.63) is 54.1 Å². The van der Waals surface area contributed by atoms with E-state index in [0.717, 1.165) is 23.6 Å². The molecule has 0 aromatic heterocycles. The topological polar surface area (TPSA) is 44.4 Å². The molecular weight excluding hydrogens is 250 g/mol. The third-order valence-electron chi connectivity index (χ3n) is 3.40. The van der Waals surface area contributed by atoms with Gasteiger partial charge in [0.2, 0.25) is 5.91 Å². The van der Waals surface area contributed by atoms with E-state index in [0.29, 0.717) is 6.54 Å². The zero-order chi connectivity index (χ0) is 13.9. The molecule has 4 nitrogen and oxygen atoms in total. The second kappa shape index (κ2) is 5.35. The summed E-state index contributed by atoms with van der Waals surface area (Å²) in [6, 6.07) is 16.1. The van der Waals surface area contributed by atoms with Crippen molar-refractivity contribution in [1.82, 2.24) is 5.32 Å². The molecule has 0 spiro atoms. The van der Waals surface area contributed by atoms with Crippen molar-refractivity contribution < 1.29 is 4.79 Å². The SMILES string of the molecule is CNCc1ccc(N2CC(=O)Nc3ccccc32)cc1. The van der Waals surface area contributed by atoms with Gasteiger partial charge in [0.25, 0.3) is 0 Å². The number of nitrogens with one attached hydrogen (secondary N) is 2. The Hall–Kier alpha value is -2.33. The third kappa shape index (κ3) is 2.38. The van der Waals surface area contributed by atoms with Crippen LogP contribution >= 0.6 is 0 Å². The molecule has 1 aliphatic heterocycles. The maximum atomic E-state index is 11.8. The minimum Gasteiger partial charge on any atom is -0.330 e. The monoisotopic (exact) mass is 267 g/mol. The van der Waals surface area contributed by atoms with E-state index in [1.807, 2.05) is 36.2 Å². The summed E-state index contributed by atoms with van der Waals surface area (Å²) < 4.78 is 0. The van der Waals surface area contributed by atoms with Crippen molar-refractivity contribution >= 4 is 23.0 Å². The molecule has 102 valence electrons. The first-order valence-electron chi connectivity index (χ1n) is 6.68. The van der Waals surface area contributed by atoms with E-state index in [1.54, 1.807) is 0 Å². The van der Waals surface area contributed by atoms with Gasteiger partial charge in [0.15, 0.2) is 0 Å². The number of carbonyl (C=O) groups excluding carboxylic acids is 1. The average molecular weight is 267 g/mol. The van der Waals surface area contributed by atoms with Crippen LogP contribution in [0.3, 0.4) is 0 Å². The Bertz CT molecular complexity index is 622. The van der Waals surface area contributed by atoms with E-state index in [9.17, 15) is 4.79 Å². The number of rotatable bonds is 3. The van der Waals surface area contributed by atoms with Crippen LogP contribution in [0, 0.1) is 0 Å². The lowest BCUT2D eigenvalue weighted by atomic mass is 10.1. The highest BCUT2D eigenvalue weighted by Crippen LogP contribution is 2.34. The van der Waals surface area contributed by atoms with E-state index in [2.05, 4.69) is 34.9 Å². The first-order valence-corrected chi connectivity index (χ1v) is 6.68. The summed E-state index contributed by atoms with van der Waals surface area (Å²) in [5.41, 5.74) is 4.16. The van der Waals surface area contributed by atoms with Gasteiger partial charge < -0.3 is 15.5 Å². The van der Waals surface area contributed by atoms with Gasteiger partial charge in [0, 0.05) is 12.2 Å². The quantitative estimate of drug-likeness (QED) is 0.898. The van der Waals surface area contributed by atoms with Crippen LogP contribution in [0.5, 0.6) is 0 Å². The predicted octanol–water partition coefficient (Wildman–Crippen LogP) is 2.50. The molecule has 0 unspecified atom stereocenters. The number of nitrogens with zero attached hydrogens (tertiary/aromatic N) is 1. The number of hydrogen-bond donors (Lipinski definition) is 2. The molecule has 3 rings (SSSR count). The molecule has 0 saturated carbocycles. The Morgan fingerprint density at radius 2 is 1.90 bits per heavy atom. The highest BCUT2D eigenvalue weighted by molar-refractivity contribution is 6.03. The van der Waals surface area contributed by atoms with Crippen molar-refractivity contribution in [2.45, 2.75) is 6.54 Å². The molecule has 2 aromatic carbocycles. The third-order valence-corrected chi connectivity index (χ3v) is 3.40. The van der Waals surface area contributed by atoms with E-state index in [1.165, 1.54) is 5.56 Å². The minimum atomic E-state index is 0.0167. The average Bonchev–Trinajstić information content (AvgIpc) is 2.47. The second-order valence-corrected chi connectivity index (χ2v) is 4.85. The molecule has 1 heterocycles. The van der Waals surface area contributed by atoms with Gasteiger partial charge in [-0.1, -0.05) is 24.3 Å². The Kier molecular flexibility index (Phi) is 3.39. The number of carbonyl (C=O) groups is 1. The maximum absolute atomic E-state index is 11.8. The van der Waals surface area contributed by atoms with Crippen LogP contribution in [-0.2, 0) is 11.3 Å². The molecule has 0 atom stereocenters. The molecule has 20 heavy (non-hydrogen) atoms. The fraction of sp³-hybridized carbons (Fsp3) is 0.188. The highest BCUT2D eigenvalue weighted by atomic mass is 16.2. The first-order chi connectivity index (χ1) is 9.78. The van der Waals surface area contributed by atoms with Gasteiger partial charge in [-0.25, -0.2) is 0 Å². The summed E-state index contributed by atoms with van der Waals surface area (Å²) in [5.74, 6) is 0.0167. The molecule has 0 fully saturated rings. The van der Waals surface area contributed by atoms with Crippen LogP contribution in [0.4, 0.5) is 17.1 Å². The molecule has 0 bridgehead atoms. The largest absolute Gasteiger partial charge is 0.330 e. The summed E-state index contributed by atoms with van der Waals surface area (Å²) in [5, 5.41) is 6.03. The van der Waals surface area contributed by atoms with Gasteiger partial charge in [-0.05, 0) is 36.9 Å². The fourth-order valence-corrected chi connectivity index (χ4v) is 2.46. The van der Waals surface area contributed by atoms with Crippen LogP contribution in [0.2, 0.25) is 0 Å². The van der Waals surface area contributed by atoms with E-state index in [-0.39, 0.29) is 5.91 Å². The number of para-hydroxylation sites is 2. The number of amides is 1. The van der Waals surface area contributed by atoms with Gasteiger partial charge in [-0.3, -0.25) is 4.79 Å². The Morgan fingerprint density at radius 1 is 1.15 bits per heavy atom. The van der Waals surface area contributed by atoms with E-state index >= 15 is 0 Å². The van der Waals surface area contributed by atoms with Crippen LogP contribution < -0.4 is 15.5 Å². The van der Waals surface area contributed by atoms with Crippen LogP contribution in [-0.4, -0.2) is 19.5 Å². The van der Waals surface area contributed by atoms with Crippen LogP contribution in [0.1, 0.15) is 5.56 Å². The van der Waals surface area contributed by atoms with E-state index < -0.39 is 0 Å². The normalized spacial score (nSPS) is 13.8. The lowest BCUT2D eigenvalue weighted by Gasteiger charge is -2.31. The standard InChI is InChI=1S/C16H17N3O/c1-17-10-12-6-8-13(9-7-12)19-11-16(20)18-14-4-2-3-5-15(14)19/h2-9,17H,10-11H2,1H3,(H,18,20). The Balaban J connectivity index is 1.95. The summed E-state index contributed by atoms with van der Waals surface area (Å²) in [7, 11) is 1.93. The van der Waals surface area contributed by atoms with Crippen LogP contribution in [0.25, 0.3) is 0 Å². The van der Waals surface area contributed by atoms with Gasteiger partial charge in [-0.2, -0.15) is 0 Å². The number of anilines is 3. The van der Waals surface area contributed by atoms with Gasteiger partial charge in [0.1, 0.15) is 6.54 Å². The molecule has 0 aliphatic carbocycles. The summed E-state index contributed by atoms with van der Waals surface area (Å²) in [4.78, 5) is 13.9. The summed E-state index contributed by atoms with van der Waals surface area (Å²) in [6.45, 7) is 1.19. The van der Waals surface area contributed by atoms with Gasteiger partial charge in [-0.15, -0.1) is 0 Å². The summed E-state index contributed by atoms with van der Waals surface area (Å²) >= 11 is 0. The molecule has 1 amide bonds. The minimum absolute atomic E-state index is 0.0167. The Morgan fingerprint density at radius 3 is 2.65 bits per heavy atom. The van der Waals surface area contributed by atoms with Crippen molar-refractivity contribution in [2.75, 3.05) is 23.8 Å². The molecule has 0 saturated heterocycles. The van der Waals surface area contributed by atoms with Crippen molar-refractivity contribution in [1.29, 1.82) is 0 Å². The molecular formula is C16H17N3O. The maximum Gasteiger partial charge on any atom is 0.244 e.